The summed E-state index contributed by atoms with van der Waals surface area (Å²) in [6, 6.07) is 24.4. The fourth-order valence-electron chi connectivity index (χ4n) is 4.46. The van der Waals surface area contributed by atoms with Crippen LogP contribution in [-0.4, -0.2) is 49.3 Å². The Morgan fingerprint density at radius 2 is 1.75 bits per heavy atom. The van der Waals surface area contributed by atoms with Crippen LogP contribution in [-0.2, 0) is 22.7 Å². The van der Waals surface area contributed by atoms with E-state index in [4.69, 9.17) is 9.72 Å². The Morgan fingerprint density at radius 1 is 1.02 bits per heavy atom. The molecule has 0 saturated carbocycles. The molecule has 3 aromatic carbocycles. The molecule has 5 rings (SSSR count). The minimum absolute atomic E-state index is 0.0666. The van der Waals surface area contributed by atoms with Crippen LogP contribution in [0, 0.1) is 0 Å². The first-order valence-electron chi connectivity index (χ1n) is 13.0. The van der Waals surface area contributed by atoms with Crippen LogP contribution < -0.4 is 10.1 Å². The van der Waals surface area contributed by atoms with Gasteiger partial charge in [0.15, 0.2) is 0 Å². The first kappa shape index (κ1) is 27.0. The molecule has 1 unspecified atom stereocenters. The van der Waals surface area contributed by atoms with Gasteiger partial charge in [0.1, 0.15) is 28.4 Å². The molecule has 0 aliphatic heterocycles. The van der Waals surface area contributed by atoms with Gasteiger partial charge in [0.25, 0.3) is 0 Å². The number of thiazole rings is 1. The highest BCUT2D eigenvalue weighted by Gasteiger charge is 2.41. The molecule has 5 aromatic rings. The molecule has 204 valence electrons. The SMILES string of the molecule is CCC(C)(C(=O)Nc1ccc(OC)cc1)N(Cc1nc(-c2ccccc2)cs1)C(=O)Cn1nnc2ccccc21. The Labute approximate surface area is 236 Å². The summed E-state index contributed by atoms with van der Waals surface area (Å²) in [7, 11) is 1.59. The van der Waals surface area contributed by atoms with Crippen LogP contribution in [0.25, 0.3) is 22.3 Å². The molecule has 1 atom stereocenters. The number of methoxy groups -OCH3 is 1. The first-order chi connectivity index (χ1) is 19.4. The maximum absolute atomic E-state index is 14.0. The summed E-state index contributed by atoms with van der Waals surface area (Å²) in [5.41, 5.74) is 2.71. The predicted octanol–water partition coefficient (Wildman–Crippen LogP) is 5.40. The van der Waals surface area contributed by atoms with Crippen molar-refractivity contribution < 1.29 is 14.3 Å². The number of ether oxygens (including phenoxy) is 1. The van der Waals surface area contributed by atoms with E-state index in [2.05, 4.69) is 15.6 Å². The molecular formula is C30H30N6O3S. The van der Waals surface area contributed by atoms with Gasteiger partial charge in [0, 0.05) is 16.6 Å². The number of para-hydroxylation sites is 1. The number of rotatable bonds is 10. The van der Waals surface area contributed by atoms with Crippen LogP contribution in [0.15, 0.2) is 84.2 Å². The third-order valence-electron chi connectivity index (χ3n) is 7.04. The highest BCUT2D eigenvalue weighted by atomic mass is 32.1. The van der Waals surface area contributed by atoms with Crippen LogP contribution in [0.2, 0.25) is 0 Å². The molecule has 40 heavy (non-hydrogen) atoms. The monoisotopic (exact) mass is 554 g/mol. The number of carbonyl (C=O) groups is 2. The summed E-state index contributed by atoms with van der Waals surface area (Å²) in [5.74, 6) is 0.129. The summed E-state index contributed by atoms with van der Waals surface area (Å²) in [5, 5.41) is 14.1. The van der Waals surface area contributed by atoms with Gasteiger partial charge in [0.2, 0.25) is 11.8 Å². The summed E-state index contributed by atoms with van der Waals surface area (Å²) in [6.07, 6.45) is 0.385. The van der Waals surface area contributed by atoms with Gasteiger partial charge in [-0.3, -0.25) is 9.59 Å². The number of nitrogens with zero attached hydrogens (tertiary/aromatic N) is 5. The Hall–Kier alpha value is -4.57. The van der Waals surface area contributed by atoms with Crippen molar-refractivity contribution in [2.75, 3.05) is 12.4 Å². The average molecular weight is 555 g/mol. The van der Waals surface area contributed by atoms with Gasteiger partial charge in [-0.25, -0.2) is 9.67 Å². The van der Waals surface area contributed by atoms with Crippen molar-refractivity contribution in [1.82, 2.24) is 24.9 Å². The van der Waals surface area contributed by atoms with Crippen LogP contribution >= 0.6 is 11.3 Å². The van der Waals surface area contributed by atoms with Crippen LogP contribution in [0.5, 0.6) is 5.75 Å². The Morgan fingerprint density at radius 3 is 2.48 bits per heavy atom. The highest BCUT2D eigenvalue weighted by molar-refractivity contribution is 7.09. The molecule has 9 nitrogen and oxygen atoms in total. The molecule has 0 saturated heterocycles. The zero-order valence-electron chi connectivity index (χ0n) is 22.6. The lowest BCUT2D eigenvalue weighted by Gasteiger charge is -2.39. The van der Waals surface area contributed by atoms with E-state index in [1.54, 1.807) is 47.9 Å². The largest absolute Gasteiger partial charge is 0.497 e. The number of hydrogen-bond acceptors (Lipinski definition) is 7. The molecule has 2 amide bonds. The summed E-state index contributed by atoms with van der Waals surface area (Å²) in [6.45, 7) is 3.79. The Balaban J connectivity index is 1.46. The lowest BCUT2D eigenvalue weighted by atomic mass is 9.94. The van der Waals surface area contributed by atoms with Gasteiger partial charge < -0.3 is 15.0 Å². The van der Waals surface area contributed by atoms with E-state index in [9.17, 15) is 9.59 Å². The van der Waals surface area contributed by atoms with Crippen molar-refractivity contribution in [2.45, 2.75) is 38.9 Å². The minimum Gasteiger partial charge on any atom is -0.497 e. The fraction of sp³-hybridized carbons (Fsp3) is 0.233. The maximum atomic E-state index is 14.0. The third-order valence-corrected chi connectivity index (χ3v) is 7.88. The van der Waals surface area contributed by atoms with Gasteiger partial charge in [-0.15, -0.1) is 16.4 Å². The topological polar surface area (TPSA) is 102 Å². The molecule has 2 aromatic heterocycles. The van der Waals surface area contributed by atoms with Crippen molar-refractivity contribution >= 4 is 39.9 Å². The average Bonchev–Trinajstić information content (AvgIpc) is 3.63. The molecule has 1 N–H and O–H groups in total. The quantitative estimate of drug-likeness (QED) is 0.248. The zero-order chi connectivity index (χ0) is 28.1. The van der Waals surface area contributed by atoms with Gasteiger partial charge in [-0.1, -0.05) is 54.6 Å². The van der Waals surface area contributed by atoms with Crippen LogP contribution in [0.4, 0.5) is 5.69 Å². The van der Waals surface area contributed by atoms with Gasteiger partial charge >= 0.3 is 0 Å². The predicted molar refractivity (Wildman–Crippen MR) is 156 cm³/mol. The van der Waals surface area contributed by atoms with E-state index in [0.29, 0.717) is 23.4 Å². The molecule has 0 bridgehead atoms. The number of carbonyl (C=O) groups excluding carboxylic acids is 2. The lowest BCUT2D eigenvalue weighted by Crippen LogP contribution is -2.57. The van der Waals surface area contributed by atoms with E-state index in [1.807, 2.05) is 66.9 Å². The molecule has 0 fully saturated rings. The summed E-state index contributed by atoms with van der Waals surface area (Å²) < 4.78 is 6.80. The highest BCUT2D eigenvalue weighted by Crippen LogP contribution is 2.29. The third kappa shape index (κ3) is 5.57. The number of anilines is 1. The van der Waals surface area contributed by atoms with Gasteiger partial charge in [-0.05, 0) is 49.7 Å². The van der Waals surface area contributed by atoms with E-state index < -0.39 is 5.54 Å². The maximum Gasteiger partial charge on any atom is 0.250 e. The van der Waals surface area contributed by atoms with Crippen molar-refractivity contribution in [3.63, 3.8) is 0 Å². The smallest absolute Gasteiger partial charge is 0.250 e. The van der Waals surface area contributed by atoms with Crippen molar-refractivity contribution in [3.8, 4) is 17.0 Å². The Kier molecular flexibility index (Phi) is 7.88. The Bertz CT molecular complexity index is 1620. The second-order valence-electron chi connectivity index (χ2n) is 9.52. The number of aromatic nitrogens is 4. The van der Waals surface area contributed by atoms with Crippen molar-refractivity contribution in [1.29, 1.82) is 0 Å². The number of amides is 2. The zero-order valence-corrected chi connectivity index (χ0v) is 23.4. The fourth-order valence-corrected chi connectivity index (χ4v) is 5.25. The molecule has 0 aliphatic carbocycles. The second-order valence-corrected chi connectivity index (χ2v) is 10.5. The first-order valence-corrected chi connectivity index (χ1v) is 13.8. The standard InChI is InChI=1S/C30H30N6O3S/c1-4-30(2,29(38)31-22-14-16-23(39-3)17-15-22)35(18-27-32-25(20-40-27)21-10-6-5-7-11-21)28(37)19-36-26-13-9-8-12-24(26)33-34-36/h5-17,20H,4,18-19H2,1-3H3,(H,31,38). The van der Waals surface area contributed by atoms with Crippen LogP contribution in [0.1, 0.15) is 25.3 Å². The number of fused-ring (bicyclic) bond motifs is 1. The normalized spacial score (nSPS) is 12.6. The number of benzene rings is 3. The minimum atomic E-state index is -1.17. The van der Waals surface area contributed by atoms with E-state index >= 15 is 0 Å². The van der Waals surface area contributed by atoms with Crippen molar-refractivity contribution in [3.05, 3.63) is 89.3 Å². The summed E-state index contributed by atoms with van der Waals surface area (Å²) in [4.78, 5) is 34.2. The number of hydrogen-bond donors (Lipinski definition) is 1. The second kappa shape index (κ2) is 11.7. The molecule has 0 aliphatic rings. The lowest BCUT2D eigenvalue weighted by molar-refractivity contribution is -0.146. The van der Waals surface area contributed by atoms with Crippen molar-refractivity contribution in [2.24, 2.45) is 0 Å². The van der Waals surface area contributed by atoms with Gasteiger partial charge in [0.05, 0.1) is 24.9 Å². The summed E-state index contributed by atoms with van der Waals surface area (Å²) >= 11 is 1.46. The molecule has 0 spiro atoms. The molecule has 2 heterocycles. The van der Waals surface area contributed by atoms with E-state index in [1.165, 1.54) is 11.3 Å². The van der Waals surface area contributed by atoms with E-state index in [-0.39, 0.29) is 24.9 Å². The van der Waals surface area contributed by atoms with Gasteiger partial charge in [-0.2, -0.15) is 0 Å². The van der Waals surface area contributed by atoms with E-state index in [0.717, 1.165) is 21.8 Å². The molecule has 0 radical (unpaired) electrons. The number of nitrogens with one attached hydrogen (secondary N) is 1. The molecule has 10 heteroatoms. The molecular weight excluding hydrogens is 524 g/mol. The van der Waals surface area contributed by atoms with Crippen LogP contribution in [0.3, 0.4) is 0 Å².